The summed E-state index contributed by atoms with van der Waals surface area (Å²) in [5.74, 6) is 1.06. The van der Waals surface area contributed by atoms with Crippen LogP contribution in [0, 0.1) is 0 Å². The van der Waals surface area contributed by atoms with Crippen LogP contribution in [0.15, 0.2) is 24.3 Å². The fourth-order valence-electron chi connectivity index (χ4n) is 2.21. The summed E-state index contributed by atoms with van der Waals surface area (Å²) in [6, 6.07) is 8.14. The second-order valence-electron chi connectivity index (χ2n) is 6.22. The maximum atomic E-state index is 12.0. The highest BCUT2D eigenvalue weighted by Gasteiger charge is 2.06. The summed E-state index contributed by atoms with van der Waals surface area (Å²) in [6.07, 6.45) is 4.00. The SMILES string of the molecule is CC(C)S(=O)CCCCCC(=O)Cc1ccc(N(C)C)cc1. The smallest absolute Gasteiger partial charge is 0.137 e. The van der Waals surface area contributed by atoms with Crippen molar-refractivity contribution >= 4 is 22.3 Å². The normalized spacial score (nSPS) is 12.4. The number of benzene rings is 1. The maximum Gasteiger partial charge on any atom is 0.137 e. The van der Waals surface area contributed by atoms with E-state index >= 15 is 0 Å². The average molecular weight is 324 g/mol. The zero-order valence-electron chi connectivity index (χ0n) is 14.3. The van der Waals surface area contributed by atoms with Crippen molar-refractivity contribution in [2.45, 2.75) is 51.2 Å². The van der Waals surface area contributed by atoms with Crippen LogP contribution >= 0.6 is 0 Å². The number of Topliss-reactive ketones (excluding diaryl/α,β-unsaturated/α-hetero) is 1. The van der Waals surface area contributed by atoms with Crippen molar-refractivity contribution in [3.8, 4) is 0 Å². The van der Waals surface area contributed by atoms with Gasteiger partial charge in [-0.1, -0.05) is 32.4 Å². The lowest BCUT2D eigenvalue weighted by Crippen LogP contribution is -2.10. The Balaban J connectivity index is 2.22. The lowest BCUT2D eigenvalue weighted by atomic mass is 10.0. The number of carbonyl (C=O) groups is 1. The predicted molar refractivity (Wildman–Crippen MR) is 96.1 cm³/mol. The quantitative estimate of drug-likeness (QED) is 0.618. The van der Waals surface area contributed by atoms with Gasteiger partial charge in [0.25, 0.3) is 0 Å². The van der Waals surface area contributed by atoms with Gasteiger partial charge in [-0.05, 0) is 30.5 Å². The van der Waals surface area contributed by atoms with Crippen molar-refractivity contribution in [2.24, 2.45) is 0 Å². The monoisotopic (exact) mass is 323 g/mol. The molecule has 1 atom stereocenters. The van der Waals surface area contributed by atoms with Gasteiger partial charge in [0.2, 0.25) is 0 Å². The van der Waals surface area contributed by atoms with Crippen molar-refractivity contribution in [1.29, 1.82) is 0 Å². The van der Waals surface area contributed by atoms with Gasteiger partial charge in [0.1, 0.15) is 5.78 Å². The van der Waals surface area contributed by atoms with Crippen LogP contribution in [0.25, 0.3) is 0 Å². The molecule has 124 valence electrons. The van der Waals surface area contributed by atoms with Crippen molar-refractivity contribution in [3.05, 3.63) is 29.8 Å². The summed E-state index contributed by atoms with van der Waals surface area (Å²) in [5, 5.41) is 0.242. The molecule has 4 heteroatoms. The summed E-state index contributed by atoms with van der Waals surface area (Å²) >= 11 is 0. The van der Waals surface area contributed by atoms with Gasteiger partial charge in [0.15, 0.2) is 0 Å². The first kappa shape index (κ1) is 18.9. The third-order valence-corrected chi connectivity index (χ3v) is 5.42. The van der Waals surface area contributed by atoms with Gasteiger partial charge in [-0.15, -0.1) is 0 Å². The van der Waals surface area contributed by atoms with Crippen LogP contribution in [0.4, 0.5) is 5.69 Å². The molecule has 1 aromatic rings. The average Bonchev–Trinajstić information content (AvgIpc) is 2.47. The van der Waals surface area contributed by atoms with Crippen LogP contribution in [0.2, 0.25) is 0 Å². The Bertz CT molecular complexity index is 480. The van der Waals surface area contributed by atoms with Gasteiger partial charge in [0, 0.05) is 54.4 Å². The van der Waals surface area contributed by atoms with Crippen LogP contribution < -0.4 is 4.90 Å². The van der Waals surface area contributed by atoms with Crippen LogP contribution in [-0.4, -0.2) is 35.1 Å². The highest BCUT2D eigenvalue weighted by atomic mass is 32.2. The standard InChI is InChI=1S/C18H29NO2S/c1-15(2)22(21)13-7-5-6-8-18(20)14-16-9-11-17(12-10-16)19(3)4/h9-12,15H,5-8,13-14H2,1-4H3. The van der Waals surface area contributed by atoms with E-state index in [1.807, 2.05) is 57.1 Å². The number of hydrogen-bond acceptors (Lipinski definition) is 3. The number of unbranched alkanes of at least 4 members (excludes halogenated alkanes) is 2. The largest absolute Gasteiger partial charge is 0.378 e. The minimum Gasteiger partial charge on any atom is -0.378 e. The molecule has 0 aliphatic heterocycles. The van der Waals surface area contributed by atoms with Crippen molar-refractivity contribution in [3.63, 3.8) is 0 Å². The minimum absolute atomic E-state index is 0.242. The molecule has 0 saturated carbocycles. The number of rotatable bonds is 10. The molecule has 22 heavy (non-hydrogen) atoms. The molecule has 1 unspecified atom stereocenters. The number of carbonyl (C=O) groups excluding carboxylic acids is 1. The number of hydrogen-bond donors (Lipinski definition) is 0. The first-order chi connectivity index (χ1) is 10.4. The molecule has 0 aromatic heterocycles. The molecule has 3 nitrogen and oxygen atoms in total. The molecule has 0 amide bonds. The van der Waals surface area contributed by atoms with Crippen LogP contribution in [0.5, 0.6) is 0 Å². The molecule has 0 spiro atoms. The second-order valence-corrected chi connectivity index (χ2v) is 8.33. The molecule has 1 rings (SSSR count). The number of ketones is 1. The van der Waals surface area contributed by atoms with Crippen molar-refractivity contribution < 1.29 is 9.00 Å². The zero-order valence-corrected chi connectivity index (χ0v) is 15.1. The highest BCUT2D eigenvalue weighted by Crippen LogP contribution is 2.14. The van der Waals surface area contributed by atoms with E-state index in [1.54, 1.807) is 0 Å². The number of anilines is 1. The molecule has 0 heterocycles. The molecule has 0 aliphatic carbocycles. The first-order valence-corrected chi connectivity index (χ1v) is 9.43. The first-order valence-electron chi connectivity index (χ1n) is 8.05. The summed E-state index contributed by atoms with van der Waals surface area (Å²) in [4.78, 5) is 14.0. The Morgan fingerprint density at radius 1 is 1.09 bits per heavy atom. The van der Waals surface area contributed by atoms with Gasteiger partial charge in [0.05, 0.1) is 0 Å². The van der Waals surface area contributed by atoms with Crippen molar-refractivity contribution in [2.75, 3.05) is 24.7 Å². The van der Waals surface area contributed by atoms with E-state index in [0.717, 1.165) is 36.3 Å². The van der Waals surface area contributed by atoms with Gasteiger partial charge in [-0.2, -0.15) is 0 Å². The van der Waals surface area contributed by atoms with E-state index in [0.29, 0.717) is 18.6 Å². The zero-order chi connectivity index (χ0) is 16.5. The van der Waals surface area contributed by atoms with E-state index in [1.165, 1.54) is 0 Å². The molecule has 0 bridgehead atoms. The summed E-state index contributed by atoms with van der Waals surface area (Å²) in [5.41, 5.74) is 2.23. The van der Waals surface area contributed by atoms with Crippen LogP contribution in [0.1, 0.15) is 45.1 Å². The van der Waals surface area contributed by atoms with Gasteiger partial charge < -0.3 is 4.90 Å². The van der Waals surface area contributed by atoms with Crippen LogP contribution in [-0.2, 0) is 22.0 Å². The second kappa shape index (κ2) is 9.78. The molecule has 0 saturated heterocycles. The lowest BCUT2D eigenvalue weighted by molar-refractivity contribution is -0.118. The van der Waals surface area contributed by atoms with E-state index in [9.17, 15) is 9.00 Å². The molecule has 0 aliphatic rings. The summed E-state index contributed by atoms with van der Waals surface area (Å²) in [7, 11) is 3.30. The Morgan fingerprint density at radius 2 is 1.73 bits per heavy atom. The molecular weight excluding hydrogens is 294 g/mol. The Hall–Kier alpha value is -1.16. The van der Waals surface area contributed by atoms with Crippen molar-refractivity contribution in [1.82, 2.24) is 0 Å². The molecule has 0 radical (unpaired) electrons. The lowest BCUT2D eigenvalue weighted by Gasteiger charge is -2.12. The molecule has 0 fully saturated rings. The third kappa shape index (κ3) is 7.21. The molecule has 1 aromatic carbocycles. The van der Waals surface area contributed by atoms with E-state index in [-0.39, 0.29) is 5.25 Å². The predicted octanol–water partition coefficient (Wildman–Crippen LogP) is 3.58. The fraction of sp³-hybridized carbons (Fsp3) is 0.611. The van der Waals surface area contributed by atoms with Gasteiger partial charge >= 0.3 is 0 Å². The Labute approximate surface area is 137 Å². The Morgan fingerprint density at radius 3 is 2.27 bits per heavy atom. The van der Waals surface area contributed by atoms with E-state index in [4.69, 9.17) is 0 Å². The minimum atomic E-state index is -0.713. The van der Waals surface area contributed by atoms with Gasteiger partial charge in [-0.25, -0.2) is 0 Å². The third-order valence-electron chi connectivity index (χ3n) is 3.68. The Kier molecular flexibility index (Phi) is 8.39. The summed E-state index contributed by atoms with van der Waals surface area (Å²) < 4.78 is 11.6. The molecule has 0 N–H and O–H groups in total. The molecular formula is C18H29NO2S. The summed E-state index contributed by atoms with van der Waals surface area (Å²) in [6.45, 7) is 3.97. The topological polar surface area (TPSA) is 37.4 Å². The van der Waals surface area contributed by atoms with Gasteiger partial charge in [-0.3, -0.25) is 9.00 Å². The van der Waals surface area contributed by atoms with E-state index in [2.05, 4.69) is 0 Å². The highest BCUT2D eigenvalue weighted by molar-refractivity contribution is 7.85. The van der Waals surface area contributed by atoms with E-state index < -0.39 is 10.8 Å². The fourth-order valence-corrected chi connectivity index (χ4v) is 3.17. The number of nitrogens with zero attached hydrogens (tertiary/aromatic N) is 1. The maximum absolute atomic E-state index is 12.0. The van der Waals surface area contributed by atoms with Crippen LogP contribution in [0.3, 0.4) is 0 Å².